The highest BCUT2D eigenvalue weighted by Gasteiger charge is 2.27. The van der Waals surface area contributed by atoms with Crippen LogP contribution < -0.4 is 11.1 Å². The lowest BCUT2D eigenvalue weighted by atomic mass is 9.85. The highest BCUT2D eigenvalue weighted by atomic mass is 16.5. The molecule has 0 aromatic carbocycles. The Labute approximate surface area is 142 Å². The van der Waals surface area contributed by atoms with Gasteiger partial charge in [0.2, 0.25) is 5.91 Å². The number of amides is 1. The molecule has 0 aromatic heterocycles. The Morgan fingerprint density at radius 1 is 1.00 bits per heavy atom. The van der Waals surface area contributed by atoms with E-state index in [1.165, 1.54) is 0 Å². The summed E-state index contributed by atoms with van der Waals surface area (Å²) in [5.74, 6) is -0.797. The van der Waals surface area contributed by atoms with Crippen LogP contribution in [-0.2, 0) is 28.6 Å². The maximum absolute atomic E-state index is 11.7. The number of rotatable bonds is 13. The molecule has 0 spiro atoms. The number of hydrogen-bond acceptors (Lipinski definition) is 7. The fourth-order valence-electron chi connectivity index (χ4n) is 2.35. The monoisotopic (exact) mass is 344 g/mol. The highest BCUT2D eigenvalue weighted by molar-refractivity contribution is 6.37. The van der Waals surface area contributed by atoms with Crippen LogP contribution in [0.5, 0.6) is 0 Å². The van der Waals surface area contributed by atoms with Crippen LogP contribution in [0.2, 0.25) is 0 Å². The van der Waals surface area contributed by atoms with Gasteiger partial charge in [-0.3, -0.25) is 14.4 Å². The highest BCUT2D eigenvalue weighted by Crippen LogP contribution is 2.22. The van der Waals surface area contributed by atoms with Gasteiger partial charge < -0.3 is 25.3 Å². The Hall–Kier alpha value is -1.35. The molecule has 1 amide bonds. The lowest BCUT2D eigenvalue weighted by Gasteiger charge is -2.19. The standard InChI is InChI=1S/C16H28N2O6/c17-3-5-22-7-9-24-10-8-23-6-4-18-16(21)12-13-1-2-14(19)15(20)11-13/h13H,1-12,17H2,(H,18,21). The van der Waals surface area contributed by atoms with Crippen LogP contribution in [0, 0.1) is 5.92 Å². The second-order valence-corrected chi connectivity index (χ2v) is 5.64. The molecule has 1 unspecified atom stereocenters. The third-order valence-electron chi connectivity index (χ3n) is 3.61. The van der Waals surface area contributed by atoms with Gasteiger partial charge in [0.05, 0.1) is 39.6 Å². The molecule has 1 rings (SSSR count). The molecule has 0 saturated heterocycles. The zero-order valence-corrected chi connectivity index (χ0v) is 14.1. The van der Waals surface area contributed by atoms with Crippen molar-refractivity contribution in [1.82, 2.24) is 5.32 Å². The Balaban J connectivity index is 1.89. The average Bonchev–Trinajstić information content (AvgIpc) is 2.56. The molecule has 1 saturated carbocycles. The summed E-state index contributed by atoms with van der Waals surface area (Å²) in [7, 11) is 0. The van der Waals surface area contributed by atoms with Crippen LogP contribution in [0.4, 0.5) is 0 Å². The number of hydrogen-bond donors (Lipinski definition) is 2. The van der Waals surface area contributed by atoms with Gasteiger partial charge >= 0.3 is 0 Å². The smallest absolute Gasteiger partial charge is 0.220 e. The Kier molecular flexibility index (Phi) is 11.2. The first-order valence-electron chi connectivity index (χ1n) is 8.39. The van der Waals surface area contributed by atoms with Crippen molar-refractivity contribution < 1.29 is 28.6 Å². The second kappa shape index (κ2) is 13.0. The van der Waals surface area contributed by atoms with Gasteiger partial charge in [-0.2, -0.15) is 0 Å². The van der Waals surface area contributed by atoms with Crippen LogP contribution >= 0.6 is 0 Å². The molecule has 8 heteroatoms. The molecule has 0 aliphatic heterocycles. The van der Waals surface area contributed by atoms with Crippen LogP contribution in [0.1, 0.15) is 25.7 Å². The average molecular weight is 344 g/mol. The van der Waals surface area contributed by atoms with Crippen molar-refractivity contribution in [3.63, 3.8) is 0 Å². The Morgan fingerprint density at radius 2 is 1.62 bits per heavy atom. The van der Waals surface area contributed by atoms with Gasteiger partial charge in [-0.1, -0.05) is 0 Å². The summed E-state index contributed by atoms with van der Waals surface area (Å²) < 4.78 is 15.8. The summed E-state index contributed by atoms with van der Waals surface area (Å²) in [5.41, 5.74) is 5.28. The lowest BCUT2D eigenvalue weighted by molar-refractivity contribution is -0.139. The van der Waals surface area contributed by atoms with E-state index in [1.54, 1.807) is 0 Å². The van der Waals surface area contributed by atoms with Gasteiger partial charge in [0.25, 0.3) is 0 Å². The summed E-state index contributed by atoms with van der Waals surface area (Å²) in [6.45, 7) is 3.79. The number of nitrogens with one attached hydrogen (secondary N) is 1. The number of ether oxygens (including phenoxy) is 3. The zero-order valence-electron chi connectivity index (χ0n) is 14.1. The number of nitrogens with two attached hydrogens (primary N) is 1. The van der Waals surface area contributed by atoms with E-state index in [1.807, 2.05) is 0 Å². The fourth-order valence-corrected chi connectivity index (χ4v) is 2.35. The summed E-state index contributed by atoms with van der Waals surface area (Å²) >= 11 is 0. The Bertz CT molecular complexity index is 402. The van der Waals surface area contributed by atoms with Crippen molar-refractivity contribution in [2.75, 3.05) is 52.7 Å². The van der Waals surface area contributed by atoms with Crippen molar-refractivity contribution in [3.8, 4) is 0 Å². The van der Waals surface area contributed by atoms with Crippen molar-refractivity contribution >= 4 is 17.5 Å². The molecule has 0 aromatic rings. The van der Waals surface area contributed by atoms with E-state index >= 15 is 0 Å². The first kappa shape index (κ1) is 20.7. The number of carbonyl (C=O) groups is 3. The molecule has 24 heavy (non-hydrogen) atoms. The van der Waals surface area contributed by atoms with E-state index < -0.39 is 0 Å². The predicted octanol–water partition coefficient (Wildman–Crippen LogP) is -0.560. The molecule has 0 radical (unpaired) electrons. The third kappa shape index (κ3) is 9.71. The van der Waals surface area contributed by atoms with Gasteiger partial charge in [-0.25, -0.2) is 0 Å². The minimum Gasteiger partial charge on any atom is -0.378 e. The molecule has 0 bridgehead atoms. The quantitative estimate of drug-likeness (QED) is 0.340. The van der Waals surface area contributed by atoms with Crippen molar-refractivity contribution in [3.05, 3.63) is 0 Å². The van der Waals surface area contributed by atoms with Gasteiger partial charge in [0.1, 0.15) is 0 Å². The van der Waals surface area contributed by atoms with Gasteiger partial charge in [-0.05, 0) is 12.3 Å². The van der Waals surface area contributed by atoms with Crippen LogP contribution in [0.3, 0.4) is 0 Å². The van der Waals surface area contributed by atoms with Gasteiger partial charge in [0, 0.05) is 32.4 Å². The topological polar surface area (TPSA) is 117 Å². The molecular weight excluding hydrogens is 316 g/mol. The lowest BCUT2D eigenvalue weighted by Crippen LogP contribution is -2.32. The maximum Gasteiger partial charge on any atom is 0.220 e. The third-order valence-corrected chi connectivity index (χ3v) is 3.61. The van der Waals surface area contributed by atoms with E-state index in [0.29, 0.717) is 59.2 Å². The summed E-state index contributed by atoms with van der Waals surface area (Å²) in [4.78, 5) is 34.2. The zero-order chi connectivity index (χ0) is 17.6. The largest absolute Gasteiger partial charge is 0.378 e. The van der Waals surface area contributed by atoms with E-state index in [0.717, 1.165) is 0 Å². The summed E-state index contributed by atoms with van der Waals surface area (Å²) in [6, 6.07) is 0. The first-order valence-corrected chi connectivity index (χ1v) is 8.39. The Morgan fingerprint density at radius 3 is 2.25 bits per heavy atom. The number of ketones is 2. The molecule has 3 N–H and O–H groups in total. The molecule has 1 aliphatic rings. The maximum atomic E-state index is 11.7. The van der Waals surface area contributed by atoms with Crippen molar-refractivity contribution in [2.24, 2.45) is 11.7 Å². The van der Waals surface area contributed by atoms with Gasteiger partial charge in [0.15, 0.2) is 11.6 Å². The van der Waals surface area contributed by atoms with Crippen LogP contribution in [0.15, 0.2) is 0 Å². The minimum atomic E-state index is -0.351. The molecule has 1 fully saturated rings. The molecule has 0 heterocycles. The predicted molar refractivity (Wildman–Crippen MR) is 86.5 cm³/mol. The van der Waals surface area contributed by atoms with Crippen molar-refractivity contribution in [2.45, 2.75) is 25.7 Å². The normalized spacial score (nSPS) is 18.0. The van der Waals surface area contributed by atoms with E-state index in [4.69, 9.17) is 19.9 Å². The van der Waals surface area contributed by atoms with Crippen LogP contribution in [-0.4, -0.2) is 70.2 Å². The van der Waals surface area contributed by atoms with Crippen LogP contribution in [0.25, 0.3) is 0 Å². The van der Waals surface area contributed by atoms with E-state index in [-0.39, 0.29) is 42.7 Å². The molecular formula is C16H28N2O6. The molecule has 1 aliphatic carbocycles. The minimum absolute atomic E-state index is 0.0222. The van der Waals surface area contributed by atoms with E-state index in [2.05, 4.69) is 5.32 Å². The molecule has 1 atom stereocenters. The van der Waals surface area contributed by atoms with Crippen molar-refractivity contribution in [1.29, 1.82) is 0 Å². The second-order valence-electron chi connectivity index (χ2n) is 5.64. The molecule has 138 valence electrons. The number of Topliss-reactive ketones (excluding diaryl/α,β-unsaturated/α-hetero) is 2. The first-order chi connectivity index (χ1) is 11.6. The number of carbonyl (C=O) groups excluding carboxylic acids is 3. The molecule has 8 nitrogen and oxygen atoms in total. The van der Waals surface area contributed by atoms with E-state index in [9.17, 15) is 14.4 Å². The summed E-state index contributed by atoms with van der Waals surface area (Å²) in [6.07, 6.45) is 1.35. The fraction of sp³-hybridized carbons (Fsp3) is 0.812. The van der Waals surface area contributed by atoms with Gasteiger partial charge in [-0.15, -0.1) is 0 Å². The summed E-state index contributed by atoms with van der Waals surface area (Å²) in [5, 5.41) is 2.75. The SMILES string of the molecule is NCCOCCOCCOCCNC(=O)CC1CCC(=O)C(=O)C1.